The summed E-state index contributed by atoms with van der Waals surface area (Å²) in [6, 6.07) is 4.10. The van der Waals surface area contributed by atoms with Crippen molar-refractivity contribution in [3.63, 3.8) is 0 Å². The standard InChI is InChI=1S/C14H19FN2O2.ClH/c1-9-5-10(7-16)8-17(9)14(18)12-6-11(15)3-4-13(12)19-2;/h3-4,6,9-10H,5,7-8,16H2,1-2H3;1H. The Morgan fingerprint density at radius 3 is 2.80 bits per heavy atom. The third-order valence-electron chi connectivity index (χ3n) is 3.65. The summed E-state index contributed by atoms with van der Waals surface area (Å²) in [5, 5.41) is 0. The van der Waals surface area contributed by atoms with Gasteiger partial charge < -0.3 is 15.4 Å². The van der Waals surface area contributed by atoms with Crippen molar-refractivity contribution in [3.05, 3.63) is 29.6 Å². The molecule has 0 radical (unpaired) electrons. The number of halogens is 2. The lowest BCUT2D eigenvalue weighted by Crippen LogP contribution is -2.34. The number of hydrogen-bond donors (Lipinski definition) is 1. The third-order valence-corrected chi connectivity index (χ3v) is 3.65. The van der Waals surface area contributed by atoms with Gasteiger partial charge in [-0.25, -0.2) is 4.39 Å². The summed E-state index contributed by atoms with van der Waals surface area (Å²) in [5.74, 6) is 0.0828. The molecular formula is C14H20ClFN2O2. The Balaban J connectivity index is 0.00000200. The second-order valence-electron chi connectivity index (χ2n) is 4.99. The minimum atomic E-state index is -0.439. The zero-order valence-corrected chi connectivity index (χ0v) is 12.5. The zero-order valence-electron chi connectivity index (χ0n) is 11.6. The van der Waals surface area contributed by atoms with Crippen LogP contribution in [-0.2, 0) is 0 Å². The number of hydrogen-bond acceptors (Lipinski definition) is 3. The molecule has 0 saturated carbocycles. The molecule has 1 fully saturated rings. The Kier molecular flexibility index (Phi) is 5.77. The molecule has 0 aliphatic carbocycles. The fourth-order valence-electron chi connectivity index (χ4n) is 2.60. The number of methoxy groups -OCH3 is 1. The molecule has 20 heavy (non-hydrogen) atoms. The Morgan fingerprint density at radius 1 is 1.55 bits per heavy atom. The molecule has 1 aliphatic rings. The van der Waals surface area contributed by atoms with E-state index in [0.29, 0.717) is 24.8 Å². The van der Waals surface area contributed by atoms with Crippen molar-refractivity contribution < 1.29 is 13.9 Å². The first-order chi connectivity index (χ1) is 9.06. The van der Waals surface area contributed by atoms with Crippen LogP contribution in [0.25, 0.3) is 0 Å². The number of benzene rings is 1. The van der Waals surface area contributed by atoms with Crippen LogP contribution < -0.4 is 10.5 Å². The van der Waals surface area contributed by atoms with Crippen LogP contribution >= 0.6 is 12.4 Å². The van der Waals surface area contributed by atoms with Crippen molar-refractivity contribution in [1.82, 2.24) is 4.90 Å². The van der Waals surface area contributed by atoms with Gasteiger partial charge in [0.05, 0.1) is 12.7 Å². The number of amides is 1. The molecule has 112 valence electrons. The lowest BCUT2D eigenvalue weighted by Gasteiger charge is -2.22. The smallest absolute Gasteiger partial charge is 0.257 e. The first-order valence-corrected chi connectivity index (χ1v) is 6.41. The van der Waals surface area contributed by atoms with E-state index in [4.69, 9.17) is 10.5 Å². The van der Waals surface area contributed by atoms with Crippen LogP contribution in [0.4, 0.5) is 4.39 Å². The molecule has 1 aromatic carbocycles. The van der Waals surface area contributed by atoms with E-state index in [-0.39, 0.29) is 29.9 Å². The van der Waals surface area contributed by atoms with Gasteiger partial charge in [-0.3, -0.25) is 4.79 Å². The summed E-state index contributed by atoms with van der Waals surface area (Å²) < 4.78 is 18.5. The Labute approximate surface area is 124 Å². The number of ether oxygens (including phenoxy) is 1. The number of nitrogens with two attached hydrogens (primary N) is 1. The highest BCUT2D eigenvalue weighted by atomic mass is 35.5. The monoisotopic (exact) mass is 302 g/mol. The van der Waals surface area contributed by atoms with Crippen molar-refractivity contribution in [2.24, 2.45) is 11.7 Å². The van der Waals surface area contributed by atoms with Gasteiger partial charge in [0, 0.05) is 12.6 Å². The van der Waals surface area contributed by atoms with Gasteiger partial charge in [-0.1, -0.05) is 0 Å². The first kappa shape index (κ1) is 16.7. The SMILES string of the molecule is COc1ccc(F)cc1C(=O)N1CC(CN)CC1C.Cl. The van der Waals surface area contributed by atoms with Crippen molar-refractivity contribution in [2.75, 3.05) is 20.2 Å². The molecule has 2 atom stereocenters. The second-order valence-corrected chi connectivity index (χ2v) is 4.99. The maximum atomic E-state index is 13.3. The molecule has 0 spiro atoms. The number of carbonyl (C=O) groups is 1. The van der Waals surface area contributed by atoms with Crippen LogP contribution in [0, 0.1) is 11.7 Å². The quantitative estimate of drug-likeness (QED) is 0.930. The first-order valence-electron chi connectivity index (χ1n) is 6.41. The van der Waals surface area contributed by atoms with E-state index in [1.54, 1.807) is 4.90 Å². The molecule has 1 aromatic rings. The maximum Gasteiger partial charge on any atom is 0.257 e. The van der Waals surface area contributed by atoms with E-state index in [1.807, 2.05) is 6.92 Å². The normalized spacial score (nSPS) is 21.5. The molecule has 2 N–H and O–H groups in total. The minimum Gasteiger partial charge on any atom is -0.496 e. The summed E-state index contributed by atoms with van der Waals surface area (Å²) in [7, 11) is 1.47. The summed E-state index contributed by atoms with van der Waals surface area (Å²) in [6.07, 6.45) is 0.889. The van der Waals surface area contributed by atoms with Gasteiger partial charge >= 0.3 is 0 Å². The summed E-state index contributed by atoms with van der Waals surface area (Å²) >= 11 is 0. The topological polar surface area (TPSA) is 55.6 Å². The highest BCUT2D eigenvalue weighted by Gasteiger charge is 2.33. The van der Waals surface area contributed by atoms with Crippen LogP contribution in [0.3, 0.4) is 0 Å². The average molecular weight is 303 g/mol. The molecule has 0 bridgehead atoms. The maximum absolute atomic E-state index is 13.3. The van der Waals surface area contributed by atoms with Crippen LogP contribution in [0.1, 0.15) is 23.7 Å². The van der Waals surface area contributed by atoms with Crippen LogP contribution in [0.2, 0.25) is 0 Å². The van der Waals surface area contributed by atoms with Gasteiger partial charge in [0.25, 0.3) is 5.91 Å². The van der Waals surface area contributed by atoms with Gasteiger partial charge in [0.1, 0.15) is 11.6 Å². The highest BCUT2D eigenvalue weighted by molar-refractivity contribution is 5.97. The zero-order chi connectivity index (χ0) is 14.0. The number of carbonyl (C=O) groups excluding carboxylic acids is 1. The fraction of sp³-hybridized carbons (Fsp3) is 0.500. The minimum absolute atomic E-state index is 0. The molecule has 6 heteroatoms. The van der Waals surface area contributed by atoms with E-state index < -0.39 is 5.82 Å². The molecule has 4 nitrogen and oxygen atoms in total. The van der Waals surface area contributed by atoms with Gasteiger partial charge in [0.2, 0.25) is 0 Å². The molecular weight excluding hydrogens is 283 g/mol. The fourth-order valence-corrected chi connectivity index (χ4v) is 2.60. The third kappa shape index (κ3) is 3.22. The van der Waals surface area contributed by atoms with Crippen LogP contribution in [0.5, 0.6) is 5.75 Å². The van der Waals surface area contributed by atoms with Gasteiger partial charge in [0.15, 0.2) is 0 Å². The molecule has 2 unspecified atom stereocenters. The lowest BCUT2D eigenvalue weighted by molar-refractivity contribution is 0.0739. The molecule has 1 saturated heterocycles. The summed E-state index contributed by atoms with van der Waals surface area (Å²) in [6.45, 7) is 3.17. The van der Waals surface area contributed by atoms with E-state index in [2.05, 4.69) is 0 Å². The van der Waals surface area contributed by atoms with Gasteiger partial charge in [-0.05, 0) is 44.0 Å². The Morgan fingerprint density at radius 2 is 2.25 bits per heavy atom. The van der Waals surface area contributed by atoms with Crippen molar-refractivity contribution in [3.8, 4) is 5.75 Å². The summed E-state index contributed by atoms with van der Waals surface area (Å²) in [4.78, 5) is 14.2. The Bertz CT molecular complexity index is 484. The highest BCUT2D eigenvalue weighted by Crippen LogP contribution is 2.27. The molecule has 0 aromatic heterocycles. The van der Waals surface area contributed by atoms with E-state index in [0.717, 1.165) is 6.42 Å². The van der Waals surface area contributed by atoms with Crippen LogP contribution in [-0.4, -0.2) is 37.0 Å². The van der Waals surface area contributed by atoms with E-state index in [9.17, 15) is 9.18 Å². The number of rotatable bonds is 3. The summed E-state index contributed by atoms with van der Waals surface area (Å²) in [5.41, 5.74) is 5.92. The molecule has 1 amide bonds. The van der Waals surface area contributed by atoms with Gasteiger partial charge in [-0.15, -0.1) is 12.4 Å². The predicted octanol–water partition coefficient (Wildman–Crippen LogP) is 2.07. The van der Waals surface area contributed by atoms with Crippen molar-refractivity contribution >= 4 is 18.3 Å². The van der Waals surface area contributed by atoms with Crippen molar-refractivity contribution in [1.29, 1.82) is 0 Å². The number of likely N-dealkylation sites (tertiary alicyclic amines) is 1. The molecule has 2 rings (SSSR count). The average Bonchev–Trinajstić information content (AvgIpc) is 2.79. The van der Waals surface area contributed by atoms with E-state index in [1.165, 1.54) is 25.3 Å². The lowest BCUT2D eigenvalue weighted by atomic mass is 10.1. The Hall–Kier alpha value is -1.33. The molecule has 1 aliphatic heterocycles. The largest absolute Gasteiger partial charge is 0.496 e. The number of nitrogens with zero attached hydrogens (tertiary/aromatic N) is 1. The van der Waals surface area contributed by atoms with Crippen molar-refractivity contribution in [2.45, 2.75) is 19.4 Å². The van der Waals surface area contributed by atoms with Crippen LogP contribution in [0.15, 0.2) is 18.2 Å². The van der Waals surface area contributed by atoms with E-state index >= 15 is 0 Å². The molecule has 1 heterocycles. The predicted molar refractivity (Wildman–Crippen MR) is 77.9 cm³/mol. The second kappa shape index (κ2) is 6.90. The van der Waals surface area contributed by atoms with Gasteiger partial charge in [-0.2, -0.15) is 0 Å².